The molecule has 0 aliphatic rings. The zero-order valence-electron chi connectivity index (χ0n) is 22.0. The van der Waals surface area contributed by atoms with Crippen LogP contribution in [0.4, 0.5) is 0 Å². The second-order valence-corrected chi connectivity index (χ2v) is 6.25. The van der Waals surface area contributed by atoms with Crippen LogP contribution in [0.25, 0.3) is 6.08 Å². The summed E-state index contributed by atoms with van der Waals surface area (Å²) in [5.74, 6) is -2.16. The Morgan fingerprint density at radius 3 is 1.59 bits per heavy atom. The van der Waals surface area contributed by atoms with Gasteiger partial charge in [-0.15, -0.1) is 0 Å². The number of hydrogen-bond acceptors (Lipinski definition) is 8. The van der Waals surface area contributed by atoms with Crippen molar-refractivity contribution in [3.8, 4) is 0 Å². The number of rotatable bonds is 10. The van der Waals surface area contributed by atoms with E-state index < -0.39 is 11.9 Å². The van der Waals surface area contributed by atoms with Gasteiger partial charge in [0.15, 0.2) is 0 Å². The molecule has 206 valence electrons. The molecule has 0 saturated carbocycles. The molecule has 9 heteroatoms. The molecular weight excluding hydrogens is 480 g/mol. The highest BCUT2D eigenvalue weighted by atomic mass is 16.5. The first-order valence-corrected chi connectivity index (χ1v) is 11.0. The Bertz CT molecular complexity index is 812. The molecule has 37 heavy (non-hydrogen) atoms. The van der Waals surface area contributed by atoms with Gasteiger partial charge in [-0.1, -0.05) is 82.6 Å². The average Bonchev–Trinajstić information content (AvgIpc) is 2.92. The molecule has 0 aliphatic carbocycles. The van der Waals surface area contributed by atoms with Crippen LogP contribution < -0.4 is 0 Å². The van der Waals surface area contributed by atoms with Crippen molar-refractivity contribution < 1.29 is 43.6 Å². The number of carbonyl (C=O) groups excluding carboxylic acids is 3. The van der Waals surface area contributed by atoms with E-state index in [4.69, 9.17) is 10.2 Å². The molecule has 0 aromatic heterocycles. The molecule has 1 rings (SSSR count). The number of benzene rings is 1. The third kappa shape index (κ3) is 39.3. The number of aliphatic hydroxyl groups excluding tert-OH is 1. The predicted octanol–water partition coefficient (Wildman–Crippen LogP) is 4.55. The van der Waals surface area contributed by atoms with Crippen LogP contribution in [0.3, 0.4) is 0 Å². The van der Waals surface area contributed by atoms with Gasteiger partial charge in [-0.3, -0.25) is 0 Å². The fourth-order valence-electron chi connectivity index (χ4n) is 1.34. The van der Waals surface area contributed by atoms with Crippen LogP contribution in [0.2, 0.25) is 0 Å². The van der Waals surface area contributed by atoms with Crippen LogP contribution in [0.5, 0.6) is 0 Å². The van der Waals surface area contributed by atoms with Gasteiger partial charge in [0, 0.05) is 23.8 Å². The second kappa shape index (κ2) is 31.8. The number of unbranched alkanes of at least 4 members (excludes halogenated alkanes) is 1. The maximum Gasteiger partial charge on any atom is 0.332 e. The van der Waals surface area contributed by atoms with E-state index >= 15 is 0 Å². The predicted molar refractivity (Wildman–Crippen MR) is 146 cm³/mol. The van der Waals surface area contributed by atoms with Crippen LogP contribution in [-0.2, 0) is 33.4 Å². The number of esters is 3. The van der Waals surface area contributed by atoms with Crippen LogP contribution in [-0.4, -0.2) is 61.0 Å². The number of carbonyl (C=O) groups is 4. The molecule has 0 unspecified atom stereocenters. The molecule has 0 bridgehead atoms. The third-order valence-electron chi connectivity index (χ3n) is 3.15. The first-order valence-electron chi connectivity index (χ1n) is 11.0. The van der Waals surface area contributed by atoms with E-state index in [0.29, 0.717) is 12.2 Å². The van der Waals surface area contributed by atoms with Crippen molar-refractivity contribution in [2.45, 2.75) is 26.7 Å². The van der Waals surface area contributed by atoms with Crippen LogP contribution in [0.15, 0.2) is 87.0 Å². The van der Waals surface area contributed by atoms with Gasteiger partial charge in [0.2, 0.25) is 0 Å². The average molecular weight is 521 g/mol. The highest BCUT2D eigenvalue weighted by molar-refractivity contribution is 5.86. The Morgan fingerprint density at radius 2 is 1.35 bits per heavy atom. The number of aliphatic carboxylic acids is 1. The van der Waals surface area contributed by atoms with Crippen molar-refractivity contribution in [2.75, 3.05) is 26.9 Å². The zero-order valence-corrected chi connectivity index (χ0v) is 22.0. The lowest BCUT2D eigenvalue weighted by atomic mass is 10.2. The van der Waals surface area contributed by atoms with Crippen LogP contribution >= 0.6 is 0 Å². The molecule has 1 aromatic rings. The lowest BCUT2D eigenvalue weighted by molar-refractivity contribution is -0.139. The van der Waals surface area contributed by atoms with Gasteiger partial charge in [0.05, 0.1) is 20.3 Å². The Hall–Kier alpha value is -4.24. The molecule has 2 N–H and O–H groups in total. The first-order chi connectivity index (χ1) is 17.5. The van der Waals surface area contributed by atoms with Gasteiger partial charge >= 0.3 is 23.9 Å². The maximum absolute atomic E-state index is 10.3. The van der Waals surface area contributed by atoms with E-state index in [0.717, 1.165) is 25.0 Å². The summed E-state index contributed by atoms with van der Waals surface area (Å²) >= 11 is 0. The quantitative estimate of drug-likeness (QED) is 0.197. The molecule has 0 atom stereocenters. The summed E-state index contributed by atoms with van der Waals surface area (Å²) in [6, 6.07) is 10.0. The summed E-state index contributed by atoms with van der Waals surface area (Å²) in [5, 5.41) is 15.7. The van der Waals surface area contributed by atoms with Crippen molar-refractivity contribution in [3.05, 3.63) is 92.6 Å². The normalized spacial score (nSPS) is 8.00. The van der Waals surface area contributed by atoms with Crippen LogP contribution in [0, 0.1) is 0 Å². The summed E-state index contributed by atoms with van der Waals surface area (Å²) in [4.78, 5) is 39.9. The number of aliphatic hydroxyl groups is 1. The largest absolute Gasteiger partial charge is 0.478 e. The monoisotopic (exact) mass is 520 g/mol. The Morgan fingerprint density at radius 1 is 0.892 bits per heavy atom. The molecule has 0 radical (unpaired) electrons. The lowest BCUT2D eigenvalue weighted by Gasteiger charge is -1.97. The fourth-order valence-corrected chi connectivity index (χ4v) is 1.34. The highest BCUT2D eigenvalue weighted by Crippen LogP contribution is 1.97. The number of carboxylic acids is 1. The SMILES string of the molecule is C=C(C)C(=O)OC.C=CC(=O)O.C=CC(=O)OCCCC.C=CC(=O)OCCO.C=Cc1ccccc1. The van der Waals surface area contributed by atoms with E-state index in [1.807, 2.05) is 43.3 Å². The fraction of sp³-hybridized carbons (Fsp3) is 0.286. The topological polar surface area (TPSA) is 136 Å². The van der Waals surface area contributed by atoms with E-state index in [1.165, 1.54) is 18.7 Å². The van der Waals surface area contributed by atoms with Gasteiger partial charge in [-0.05, 0) is 18.9 Å². The number of hydrogen-bond donors (Lipinski definition) is 2. The smallest absolute Gasteiger partial charge is 0.332 e. The van der Waals surface area contributed by atoms with Gasteiger partial charge < -0.3 is 24.4 Å². The number of carboxylic acid groups (broad SMARTS) is 1. The Labute approximate surface area is 220 Å². The molecule has 0 fully saturated rings. The second-order valence-electron chi connectivity index (χ2n) is 6.25. The third-order valence-corrected chi connectivity index (χ3v) is 3.15. The molecule has 0 amide bonds. The Balaban J connectivity index is -0.000000186. The highest BCUT2D eigenvalue weighted by Gasteiger charge is 1.95. The van der Waals surface area contributed by atoms with Crippen molar-refractivity contribution in [1.82, 2.24) is 0 Å². The first kappa shape index (κ1) is 40.0. The molecular formula is C28H40O9. The minimum Gasteiger partial charge on any atom is -0.478 e. The molecule has 0 saturated heterocycles. The molecule has 0 heterocycles. The molecule has 1 aromatic carbocycles. The van der Waals surface area contributed by atoms with E-state index in [2.05, 4.69) is 47.1 Å². The number of ether oxygens (including phenoxy) is 3. The van der Waals surface area contributed by atoms with Gasteiger partial charge in [0.25, 0.3) is 0 Å². The molecule has 9 nitrogen and oxygen atoms in total. The molecule has 0 spiro atoms. The van der Waals surface area contributed by atoms with E-state index in [1.54, 1.807) is 6.92 Å². The summed E-state index contributed by atoms with van der Waals surface area (Å²) in [6.07, 6.45) is 6.87. The van der Waals surface area contributed by atoms with Crippen LogP contribution in [0.1, 0.15) is 32.3 Å². The van der Waals surface area contributed by atoms with Gasteiger partial charge in [0.1, 0.15) is 6.61 Å². The maximum atomic E-state index is 10.3. The standard InChI is InChI=1S/C8H8.C7H12O2.C5H8O3.C5H8O2.C3H4O2/c1-2-8-6-4-3-5-7-8;1-3-5-6-9-7(8)4-2;1-2-5(7)8-4-3-6;1-4(2)5(6)7-3;1-2-3(4)5/h2-7H,1H2;4H,2-3,5-6H2,1H3;2,6H,1,3-4H2;1H2,2-3H3;2H,1H2,(H,4,5). The van der Waals surface area contributed by atoms with Crippen molar-refractivity contribution in [3.63, 3.8) is 0 Å². The van der Waals surface area contributed by atoms with Crippen molar-refractivity contribution in [2.24, 2.45) is 0 Å². The molecule has 0 aliphatic heterocycles. The lowest BCUT2D eigenvalue weighted by Crippen LogP contribution is -2.04. The van der Waals surface area contributed by atoms with Crippen molar-refractivity contribution >= 4 is 30.0 Å². The Kier molecular flexibility index (Phi) is 34.3. The minimum absolute atomic E-state index is 0.0465. The van der Waals surface area contributed by atoms with Crippen molar-refractivity contribution in [1.29, 1.82) is 0 Å². The summed E-state index contributed by atoms with van der Waals surface area (Å²) in [7, 11) is 1.33. The summed E-state index contributed by atoms with van der Waals surface area (Å²) in [5.41, 5.74) is 1.61. The van der Waals surface area contributed by atoms with Gasteiger partial charge in [-0.2, -0.15) is 0 Å². The van der Waals surface area contributed by atoms with Gasteiger partial charge in [-0.25, -0.2) is 19.2 Å². The zero-order chi connectivity index (χ0) is 29.5. The number of methoxy groups -OCH3 is 1. The van der Waals surface area contributed by atoms with E-state index in [-0.39, 0.29) is 25.2 Å². The summed E-state index contributed by atoms with van der Waals surface area (Å²) in [6.45, 7) is 20.4. The summed E-state index contributed by atoms with van der Waals surface area (Å²) < 4.78 is 13.3. The van der Waals surface area contributed by atoms with E-state index in [9.17, 15) is 19.2 Å². The minimum atomic E-state index is -0.981.